The standard InChI is InChI=1S/C20H22N6.C16H18N6.C13H17N3.C11H15N3.C10H13N3.C9H13N3/c1-3-17(25-19-21-5-6-22-19)11-15-10-14-2-4-18(12-16(14)9-13(1)15)26-20-23-7-8-24-20;17-15(18)21-13-3-1-9-5-12-8-14(22-16(19)20)4-2-10(12)6-11(9)7-13;1-2-4-11-9-12(6-5-10(11)3-1)16-13-14-7-8-15-13;1-8-3-4-10(7-9(8)2)14-11-12-5-6-13-11;1-8-2-4-9(5-3-8)13-10-11-6-7-12-10;1-6-3-4-8(5-7(6)2)12-9(10)11/h1-4,11-12H,5-10H2,(H2,21,22,25)(H2,23,24,26);1-4,7-8H,5-6H2,(H4,17,18,21)(H4,19,20,22);5-6,9H,1-4,7-8H2,(H2,14,15,16);3-4,7H,5-6H2,1-2H3,(H2,12,13,14);2-5H,6-7H2,1H3,(H2,11,12,13);3-5H,1-2H3,(H4,10,11,12). The molecule has 0 fully saturated rings. The lowest BCUT2D eigenvalue weighted by molar-refractivity contribution is 0.686. The topological polar surface area (TPSA) is 375 Å². The Morgan fingerprint density at radius 1 is 0.291 bits per heavy atom. The molecule has 5 heterocycles. The summed E-state index contributed by atoms with van der Waals surface area (Å²) in [6.45, 7) is 19.4. The third kappa shape index (κ3) is 21.7. The number of nitrogens with zero attached hydrogens (tertiary/aromatic N) is 8. The predicted molar refractivity (Wildman–Crippen MR) is 429 cm³/mol. The Hall–Kier alpha value is -12.1. The minimum atomic E-state index is 0.0676. The lowest BCUT2D eigenvalue weighted by Crippen LogP contribution is -2.26. The molecule has 0 atom stereocenters. The summed E-state index contributed by atoms with van der Waals surface area (Å²) in [5.74, 6) is 4.66. The van der Waals surface area contributed by atoms with Gasteiger partial charge in [-0.05, 0) is 261 Å². The number of guanidine groups is 8. The molecule has 3 aliphatic carbocycles. The first-order valence-corrected chi connectivity index (χ1v) is 35.3. The van der Waals surface area contributed by atoms with Crippen molar-refractivity contribution in [3.05, 3.63) is 235 Å². The first kappa shape index (κ1) is 72.2. The van der Waals surface area contributed by atoms with Gasteiger partial charge in [-0.1, -0.05) is 60.2 Å². The summed E-state index contributed by atoms with van der Waals surface area (Å²) < 4.78 is 0. The van der Waals surface area contributed by atoms with E-state index in [1.165, 1.54) is 109 Å². The number of nitrogens with two attached hydrogens (primary N) is 6. The summed E-state index contributed by atoms with van der Waals surface area (Å²) in [5.41, 5.74) is 60.1. The van der Waals surface area contributed by atoms with E-state index in [1.54, 1.807) is 0 Å². The summed E-state index contributed by atoms with van der Waals surface area (Å²) in [6.07, 6.45) is 8.78. The van der Waals surface area contributed by atoms with Crippen molar-refractivity contribution in [2.45, 2.75) is 86.0 Å². The summed E-state index contributed by atoms with van der Waals surface area (Å²) in [4.78, 5) is 33.8. The molecule has 0 bridgehead atoms. The summed E-state index contributed by atoms with van der Waals surface area (Å²) in [6, 6.07) is 52.4. The van der Waals surface area contributed by atoms with Crippen LogP contribution in [-0.4, -0.2) is 113 Å². The first-order chi connectivity index (χ1) is 49.9. The Bertz CT molecular complexity index is 4410. The van der Waals surface area contributed by atoms with Crippen LogP contribution in [0.2, 0.25) is 0 Å². The number of hydrogen-bond donors (Lipinski definition) is 16. The van der Waals surface area contributed by atoms with E-state index in [0.717, 1.165) is 166 Å². The molecule has 0 radical (unpaired) electrons. The average molecular weight is 1380 g/mol. The van der Waals surface area contributed by atoms with E-state index in [0.29, 0.717) is 0 Å². The molecule has 0 amide bonds. The number of anilines is 5. The van der Waals surface area contributed by atoms with Crippen molar-refractivity contribution < 1.29 is 0 Å². The summed E-state index contributed by atoms with van der Waals surface area (Å²) >= 11 is 0. The Morgan fingerprint density at radius 3 is 0.951 bits per heavy atom. The molecular formula is C79H98N24. The molecule has 0 aromatic heterocycles. The van der Waals surface area contributed by atoms with Gasteiger partial charge in [-0.15, -0.1) is 0 Å². The number of aliphatic imine (C=N–C) groups is 8. The average Bonchev–Trinajstić information content (AvgIpc) is 1.26. The van der Waals surface area contributed by atoms with Crippen molar-refractivity contribution in [2.24, 2.45) is 74.3 Å². The quantitative estimate of drug-likeness (QED) is 0.0498. The number of aryl methyl sites for hydroxylation is 7. The van der Waals surface area contributed by atoms with E-state index >= 15 is 0 Å². The highest BCUT2D eigenvalue weighted by molar-refractivity contribution is 5.97. The van der Waals surface area contributed by atoms with Crippen LogP contribution in [0.15, 0.2) is 192 Å². The molecule has 534 valence electrons. The maximum atomic E-state index is 5.43. The molecule has 8 aromatic rings. The van der Waals surface area contributed by atoms with Crippen molar-refractivity contribution >= 4 is 93.2 Å². The third-order valence-electron chi connectivity index (χ3n) is 18.2. The Balaban J connectivity index is 0.000000127. The largest absolute Gasteiger partial charge is 0.370 e. The fourth-order valence-corrected chi connectivity index (χ4v) is 12.5. The number of hydrogen-bond acceptors (Lipinski definition) is 18. The highest BCUT2D eigenvalue weighted by Crippen LogP contribution is 2.34. The van der Waals surface area contributed by atoms with Crippen LogP contribution in [0, 0.1) is 34.6 Å². The van der Waals surface area contributed by atoms with E-state index in [4.69, 9.17) is 34.4 Å². The van der Waals surface area contributed by atoms with Crippen molar-refractivity contribution in [2.75, 3.05) is 92.0 Å². The van der Waals surface area contributed by atoms with Gasteiger partial charge < -0.3 is 87.6 Å². The van der Waals surface area contributed by atoms with E-state index < -0.39 is 0 Å². The maximum absolute atomic E-state index is 5.43. The van der Waals surface area contributed by atoms with Crippen LogP contribution in [-0.2, 0) is 38.5 Å². The second-order valence-electron chi connectivity index (χ2n) is 26.2. The normalized spacial score (nSPS) is 14.9. The van der Waals surface area contributed by atoms with E-state index in [1.807, 2.05) is 49.4 Å². The smallest absolute Gasteiger partial charge is 0.195 e. The van der Waals surface area contributed by atoms with E-state index in [2.05, 4.69) is 230 Å². The second-order valence-corrected chi connectivity index (χ2v) is 26.2. The molecule has 24 heteroatoms. The molecule has 0 spiro atoms. The minimum absolute atomic E-state index is 0.0676. The van der Waals surface area contributed by atoms with Gasteiger partial charge in [0.25, 0.3) is 0 Å². The van der Waals surface area contributed by atoms with Gasteiger partial charge in [0.1, 0.15) is 0 Å². The Labute approximate surface area is 604 Å². The van der Waals surface area contributed by atoms with Crippen LogP contribution in [0.3, 0.4) is 0 Å². The van der Waals surface area contributed by atoms with Gasteiger partial charge in [-0.3, -0.25) is 25.0 Å². The van der Waals surface area contributed by atoms with E-state index in [-0.39, 0.29) is 17.9 Å². The SMILES string of the molecule is Cc1ccc(N=C(N)N)cc1C.Cc1ccc(NC2=NCCN2)cc1.Cc1ccc(NC2=NCCN2)cc1C.NC(N)=Nc1ccc2c(c1)Cc1ccc(N=C(N)N)cc1C2.c1cc2c(cc1NC1=NCCN1)CCCC2.c1cc2c(cc1NC1=NCCN1)Cc1ccc(NC3=NCCN3)cc1C2. The molecule has 5 aliphatic heterocycles. The number of nitrogens with one attached hydrogen (secondary N) is 10. The van der Waals surface area contributed by atoms with E-state index in [9.17, 15) is 0 Å². The van der Waals surface area contributed by atoms with Gasteiger partial charge >= 0.3 is 0 Å². The zero-order valence-corrected chi connectivity index (χ0v) is 59.7. The molecule has 0 saturated heterocycles. The van der Waals surface area contributed by atoms with Gasteiger partial charge in [-0.25, -0.2) is 15.0 Å². The van der Waals surface area contributed by atoms with Crippen molar-refractivity contribution in [3.63, 3.8) is 0 Å². The molecule has 8 aliphatic rings. The van der Waals surface area contributed by atoms with Gasteiger partial charge in [-0.2, -0.15) is 0 Å². The Morgan fingerprint density at radius 2 is 0.583 bits per heavy atom. The zero-order chi connectivity index (χ0) is 72.0. The lowest BCUT2D eigenvalue weighted by atomic mass is 9.85. The molecule has 8 aromatic carbocycles. The fraction of sp³-hybridized carbons (Fsp3) is 0.291. The highest BCUT2D eigenvalue weighted by Gasteiger charge is 2.20. The van der Waals surface area contributed by atoms with Crippen molar-refractivity contribution in [1.29, 1.82) is 0 Å². The highest BCUT2D eigenvalue weighted by atomic mass is 15.2. The van der Waals surface area contributed by atoms with Gasteiger partial charge in [0.2, 0.25) is 0 Å². The third-order valence-corrected chi connectivity index (χ3v) is 18.2. The molecule has 103 heavy (non-hydrogen) atoms. The van der Waals surface area contributed by atoms with Crippen molar-refractivity contribution in [3.8, 4) is 0 Å². The van der Waals surface area contributed by atoms with Crippen LogP contribution in [0.4, 0.5) is 45.5 Å². The maximum Gasteiger partial charge on any atom is 0.195 e. The molecule has 22 N–H and O–H groups in total. The monoisotopic (exact) mass is 1380 g/mol. The molecule has 0 saturated carbocycles. The summed E-state index contributed by atoms with van der Waals surface area (Å²) in [5, 5.41) is 32.6. The predicted octanol–water partition coefficient (Wildman–Crippen LogP) is 9.10. The van der Waals surface area contributed by atoms with Crippen LogP contribution in [0.1, 0.15) is 96.3 Å². The summed E-state index contributed by atoms with van der Waals surface area (Å²) in [7, 11) is 0. The fourth-order valence-electron chi connectivity index (χ4n) is 12.5. The molecule has 16 rings (SSSR count). The second kappa shape index (κ2) is 35.3. The minimum Gasteiger partial charge on any atom is -0.370 e. The first-order valence-electron chi connectivity index (χ1n) is 35.3. The molecular weight excluding hydrogens is 1290 g/mol. The van der Waals surface area contributed by atoms with Gasteiger partial charge in [0.15, 0.2) is 47.7 Å². The molecule has 24 nitrogen and oxygen atoms in total. The number of rotatable bonds is 8. The lowest BCUT2D eigenvalue weighted by Gasteiger charge is -2.22. The number of benzene rings is 8. The van der Waals surface area contributed by atoms with Gasteiger partial charge in [0, 0.05) is 61.2 Å². The number of fused-ring (bicyclic) bond motifs is 5. The van der Waals surface area contributed by atoms with Crippen LogP contribution < -0.4 is 87.6 Å². The van der Waals surface area contributed by atoms with Crippen LogP contribution >= 0.6 is 0 Å². The van der Waals surface area contributed by atoms with Crippen molar-refractivity contribution in [1.82, 2.24) is 26.6 Å². The zero-order valence-electron chi connectivity index (χ0n) is 59.7. The van der Waals surface area contributed by atoms with Crippen LogP contribution in [0.5, 0.6) is 0 Å². The van der Waals surface area contributed by atoms with Gasteiger partial charge in [0.05, 0.1) is 49.8 Å². The van der Waals surface area contributed by atoms with Crippen LogP contribution in [0.25, 0.3) is 0 Å². The molecule has 0 unspecified atom stereocenters. The Kier molecular flexibility index (Phi) is 24.7.